The molecule has 4 nitrogen and oxygen atoms in total. The zero-order valence-corrected chi connectivity index (χ0v) is 34.5. The molecule has 1 aliphatic carbocycles. The van der Waals surface area contributed by atoms with Crippen molar-refractivity contribution in [3.05, 3.63) is 269 Å². The fraction of sp³-hybridized carbons (Fsp3) is 0.0508. The Morgan fingerprint density at radius 1 is 0.397 bits per heavy atom. The molecule has 0 radical (unpaired) electrons. The van der Waals surface area contributed by atoms with E-state index in [1.54, 1.807) is 0 Å². The molecule has 2 atom stereocenters. The van der Waals surface area contributed by atoms with Crippen LogP contribution in [0.15, 0.2) is 236 Å². The molecule has 2 aliphatic rings. The first-order valence-electron chi connectivity index (χ1n) is 21.7. The summed E-state index contributed by atoms with van der Waals surface area (Å²) in [5.74, 6) is 0.849. The minimum absolute atomic E-state index is 0.170. The molecule has 10 aromatic rings. The van der Waals surface area contributed by atoms with E-state index in [0.29, 0.717) is 0 Å². The molecule has 0 amide bonds. The highest BCUT2D eigenvalue weighted by Gasteiger charge is 2.46. The molecule has 63 heavy (non-hydrogen) atoms. The number of amidine groups is 1. The van der Waals surface area contributed by atoms with Crippen LogP contribution in [-0.2, 0) is 5.41 Å². The molecule has 4 heteroatoms. The Morgan fingerprint density at radius 3 is 1.73 bits per heavy atom. The molecule has 12 rings (SSSR count). The van der Waals surface area contributed by atoms with Gasteiger partial charge in [-0.15, -0.1) is 0 Å². The van der Waals surface area contributed by atoms with Gasteiger partial charge in [0.15, 0.2) is 0 Å². The third-order valence-corrected chi connectivity index (χ3v) is 13.0. The predicted molar refractivity (Wildman–Crippen MR) is 259 cm³/mol. The van der Waals surface area contributed by atoms with Crippen molar-refractivity contribution in [2.45, 2.75) is 17.7 Å². The molecule has 0 spiro atoms. The molecular formula is C59H42N4. The summed E-state index contributed by atoms with van der Waals surface area (Å²) < 4.78 is 0. The van der Waals surface area contributed by atoms with E-state index in [-0.39, 0.29) is 12.3 Å². The van der Waals surface area contributed by atoms with Crippen molar-refractivity contribution in [2.24, 2.45) is 4.99 Å². The van der Waals surface area contributed by atoms with Gasteiger partial charge in [0, 0.05) is 21.9 Å². The average Bonchev–Trinajstić information content (AvgIpc) is 3.67. The van der Waals surface area contributed by atoms with Crippen LogP contribution in [-0.4, -0.2) is 10.8 Å². The number of para-hydroxylation sites is 1. The maximum absolute atomic E-state index is 5.43. The molecule has 1 aliphatic heterocycles. The molecule has 2 heterocycles. The summed E-state index contributed by atoms with van der Waals surface area (Å²) >= 11 is 0. The first kappa shape index (κ1) is 36.9. The average molecular weight is 807 g/mol. The number of pyridine rings is 1. The quantitative estimate of drug-likeness (QED) is 0.158. The lowest BCUT2D eigenvalue weighted by molar-refractivity contribution is 0.409. The maximum atomic E-state index is 5.43. The fourth-order valence-corrected chi connectivity index (χ4v) is 10.2. The van der Waals surface area contributed by atoms with Gasteiger partial charge in [0.25, 0.3) is 0 Å². The van der Waals surface area contributed by atoms with Gasteiger partial charge in [-0.05, 0) is 91.4 Å². The van der Waals surface area contributed by atoms with Gasteiger partial charge < -0.3 is 5.32 Å². The van der Waals surface area contributed by atoms with Gasteiger partial charge in [-0.3, -0.25) is 5.32 Å². The van der Waals surface area contributed by atoms with Crippen LogP contribution >= 0.6 is 0 Å². The van der Waals surface area contributed by atoms with Crippen LogP contribution in [0.3, 0.4) is 0 Å². The van der Waals surface area contributed by atoms with Gasteiger partial charge in [-0.25, -0.2) is 9.98 Å². The molecule has 2 N–H and O–H groups in total. The van der Waals surface area contributed by atoms with Crippen molar-refractivity contribution in [3.8, 4) is 33.5 Å². The summed E-state index contributed by atoms with van der Waals surface area (Å²) in [7, 11) is 0. The van der Waals surface area contributed by atoms with Crippen LogP contribution in [0.25, 0.3) is 55.2 Å². The number of fused-ring (bicyclic) bond motifs is 6. The minimum Gasteiger partial charge on any atom is -0.350 e. The Labute approximate surface area is 367 Å². The van der Waals surface area contributed by atoms with Crippen molar-refractivity contribution in [2.75, 3.05) is 0 Å². The van der Waals surface area contributed by atoms with Crippen molar-refractivity contribution < 1.29 is 0 Å². The molecule has 0 saturated heterocycles. The van der Waals surface area contributed by atoms with Crippen LogP contribution in [0.5, 0.6) is 0 Å². The van der Waals surface area contributed by atoms with E-state index < -0.39 is 5.41 Å². The van der Waals surface area contributed by atoms with E-state index >= 15 is 0 Å². The Balaban J connectivity index is 1.09. The van der Waals surface area contributed by atoms with E-state index in [9.17, 15) is 0 Å². The number of nitrogens with zero attached hydrogens (tertiary/aromatic N) is 2. The highest BCUT2D eigenvalue weighted by molar-refractivity contribution is 6.11. The van der Waals surface area contributed by atoms with Gasteiger partial charge in [0.1, 0.15) is 18.2 Å². The maximum Gasteiger partial charge on any atom is 0.131 e. The fourth-order valence-electron chi connectivity index (χ4n) is 10.2. The molecule has 1 aromatic heterocycles. The molecule has 9 aromatic carbocycles. The van der Waals surface area contributed by atoms with Crippen LogP contribution in [0.4, 0.5) is 0 Å². The first-order chi connectivity index (χ1) is 31.2. The second-order valence-electron chi connectivity index (χ2n) is 16.6. The summed E-state index contributed by atoms with van der Waals surface area (Å²) in [5, 5.41) is 11.1. The van der Waals surface area contributed by atoms with Gasteiger partial charge in [-0.1, -0.05) is 200 Å². The van der Waals surface area contributed by atoms with E-state index in [1.807, 2.05) is 6.07 Å². The number of aromatic nitrogens is 1. The van der Waals surface area contributed by atoms with Crippen LogP contribution < -0.4 is 10.6 Å². The van der Waals surface area contributed by atoms with Gasteiger partial charge >= 0.3 is 0 Å². The van der Waals surface area contributed by atoms with Crippen molar-refractivity contribution in [3.63, 3.8) is 0 Å². The predicted octanol–water partition coefficient (Wildman–Crippen LogP) is 13.4. The number of nitrogens with one attached hydrogen (secondary N) is 2. The standard InChI is InChI=1S/C59H42N4/c1-5-19-39(20-6-1)56-61-57(40-21-7-2-8-22-40)63-58(62-56)44-36-42(35-43(37-44)55-50-30-14-13-27-47(50)49-29-16-18-32-54(49)60-55)41-33-34-53-51(38-41)48-28-15-17-31-52(48)59(53,45-23-9-3-10-24-45)46-25-11-4-12-26-46/h1-38,56,58,62H,(H,61,63). The number of hydrogen-bond acceptors (Lipinski definition) is 4. The van der Waals surface area contributed by atoms with E-state index in [1.165, 1.54) is 38.8 Å². The van der Waals surface area contributed by atoms with Crippen LogP contribution in [0.1, 0.15) is 51.3 Å². The first-order valence-corrected chi connectivity index (χ1v) is 21.7. The smallest absolute Gasteiger partial charge is 0.131 e. The lowest BCUT2D eigenvalue weighted by Crippen LogP contribution is -2.44. The second-order valence-corrected chi connectivity index (χ2v) is 16.6. The largest absolute Gasteiger partial charge is 0.350 e. The van der Waals surface area contributed by atoms with Crippen molar-refractivity contribution >= 4 is 27.5 Å². The number of aliphatic imine (C=N–C) groups is 1. The Bertz CT molecular complexity index is 3310. The Hall–Kier alpha value is -7.92. The van der Waals surface area contributed by atoms with E-state index in [0.717, 1.165) is 61.2 Å². The molecule has 0 saturated carbocycles. The van der Waals surface area contributed by atoms with Crippen LogP contribution in [0.2, 0.25) is 0 Å². The third kappa shape index (κ3) is 6.18. The summed E-state index contributed by atoms with van der Waals surface area (Å²) in [6.07, 6.45) is -0.535. The monoisotopic (exact) mass is 806 g/mol. The van der Waals surface area contributed by atoms with E-state index in [2.05, 4.69) is 235 Å². The molecule has 0 bridgehead atoms. The van der Waals surface area contributed by atoms with Crippen molar-refractivity contribution in [1.29, 1.82) is 0 Å². The zero-order valence-electron chi connectivity index (χ0n) is 34.5. The normalized spacial score (nSPS) is 16.2. The molecular weight excluding hydrogens is 765 g/mol. The highest BCUT2D eigenvalue weighted by Crippen LogP contribution is 2.56. The Morgan fingerprint density at radius 2 is 0.984 bits per heavy atom. The van der Waals surface area contributed by atoms with Crippen LogP contribution in [0, 0.1) is 0 Å². The van der Waals surface area contributed by atoms with Gasteiger partial charge in [-0.2, -0.15) is 0 Å². The highest BCUT2D eigenvalue weighted by atomic mass is 15.3. The molecule has 2 unspecified atom stereocenters. The lowest BCUT2D eigenvalue weighted by atomic mass is 9.67. The summed E-state index contributed by atoms with van der Waals surface area (Å²) in [6.45, 7) is 0. The number of benzene rings is 9. The molecule has 0 fully saturated rings. The summed E-state index contributed by atoms with van der Waals surface area (Å²) in [5.41, 5.74) is 15.6. The minimum atomic E-state index is -0.470. The number of hydrogen-bond donors (Lipinski definition) is 2. The topological polar surface area (TPSA) is 49.3 Å². The van der Waals surface area contributed by atoms with Gasteiger partial charge in [0.2, 0.25) is 0 Å². The van der Waals surface area contributed by atoms with E-state index in [4.69, 9.17) is 9.98 Å². The number of rotatable bonds is 7. The SMILES string of the molecule is c1ccc(C2=NC(c3cc(-c4ccc5c(c4)-c4ccccc4C5(c4ccccc4)c4ccccc4)cc(-c4nc5ccccc5c5ccccc45)c3)NC(c3ccccc3)N2)cc1. The zero-order chi connectivity index (χ0) is 41.7. The summed E-state index contributed by atoms with van der Waals surface area (Å²) in [4.78, 5) is 10.9. The lowest BCUT2D eigenvalue weighted by Gasteiger charge is -2.34. The summed E-state index contributed by atoms with van der Waals surface area (Å²) in [6, 6.07) is 83.1. The Kier molecular flexibility index (Phi) is 8.91. The second kappa shape index (κ2) is 15.2. The third-order valence-electron chi connectivity index (χ3n) is 13.0. The molecule has 298 valence electrons. The van der Waals surface area contributed by atoms with Crippen molar-refractivity contribution in [1.82, 2.24) is 15.6 Å². The van der Waals surface area contributed by atoms with Gasteiger partial charge in [0.05, 0.1) is 16.6 Å².